The first-order chi connectivity index (χ1) is 19.1. The Morgan fingerprint density at radius 3 is 2.38 bits per heavy atom. The molecule has 0 N–H and O–H groups in total. The SMILES string of the molecule is CCCOS(=O)(=O)c1ccc(C)c(OC2CC(Oc3ccc4c(c3)Sc3cc([N+](=O)[O-])ccc3N4C(C)=O)C2)c1. The highest BCUT2D eigenvalue weighted by Gasteiger charge is 2.34. The summed E-state index contributed by atoms with van der Waals surface area (Å²) in [6, 6.07) is 14.6. The molecule has 3 aromatic carbocycles. The van der Waals surface area contributed by atoms with Crippen molar-refractivity contribution in [1.82, 2.24) is 0 Å². The number of ether oxygens (including phenoxy) is 2. The highest BCUT2D eigenvalue weighted by atomic mass is 32.2. The predicted octanol–water partition coefficient (Wildman–Crippen LogP) is 6.16. The van der Waals surface area contributed by atoms with Gasteiger partial charge in [0.25, 0.3) is 15.8 Å². The Kier molecular flexibility index (Phi) is 7.76. The normalized spacial score (nSPS) is 17.8. The number of nitro groups is 1. The number of benzene rings is 3. The molecule has 0 bridgehead atoms. The number of amides is 1. The van der Waals surface area contributed by atoms with Crippen molar-refractivity contribution in [1.29, 1.82) is 0 Å². The van der Waals surface area contributed by atoms with Gasteiger partial charge in [-0.2, -0.15) is 8.42 Å². The molecular weight excluding hydrogens is 556 g/mol. The van der Waals surface area contributed by atoms with Gasteiger partial charge in [-0.25, -0.2) is 0 Å². The Morgan fingerprint density at radius 2 is 1.70 bits per heavy atom. The highest BCUT2D eigenvalue weighted by Crippen LogP contribution is 2.50. The zero-order valence-electron chi connectivity index (χ0n) is 22.2. The smallest absolute Gasteiger partial charge is 0.297 e. The molecule has 1 aliphatic heterocycles. The standard InChI is InChI=1S/C28H28N2O8S2/c1-4-11-36-40(34,35)23-8-5-17(2)26(16-23)38-22-13-21(14-22)37-20-7-10-25-28(15-20)39-27-12-19(30(32)33)6-9-24(27)29(25)18(3)31/h5-10,12,15-16,21-22H,4,11,13-14H2,1-3H3. The van der Waals surface area contributed by atoms with Gasteiger partial charge in [-0.05, 0) is 49.2 Å². The second-order valence-electron chi connectivity index (χ2n) is 9.65. The van der Waals surface area contributed by atoms with Crippen LogP contribution in [0.3, 0.4) is 0 Å². The molecule has 1 amide bonds. The van der Waals surface area contributed by atoms with Crippen LogP contribution >= 0.6 is 11.8 Å². The first-order valence-corrected chi connectivity index (χ1v) is 15.0. The lowest BCUT2D eigenvalue weighted by atomic mass is 9.91. The lowest BCUT2D eigenvalue weighted by Crippen LogP contribution is -2.41. The number of aryl methyl sites for hydroxylation is 1. The fourth-order valence-corrected chi connectivity index (χ4v) is 6.64. The fourth-order valence-electron chi connectivity index (χ4n) is 4.51. The van der Waals surface area contributed by atoms with Crippen LogP contribution < -0.4 is 14.4 Å². The van der Waals surface area contributed by atoms with Crippen molar-refractivity contribution in [3.63, 3.8) is 0 Å². The summed E-state index contributed by atoms with van der Waals surface area (Å²) in [6.45, 7) is 5.27. The number of rotatable bonds is 9. The monoisotopic (exact) mass is 584 g/mol. The molecule has 0 aromatic heterocycles. The molecule has 1 heterocycles. The summed E-state index contributed by atoms with van der Waals surface area (Å²) < 4.78 is 42.1. The average Bonchev–Trinajstić information content (AvgIpc) is 2.89. The van der Waals surface area contributed by atoms with Crippen LogP contribution in [-0.4, -0.2) is 38.1 Å². The van der Waals surface area contributed by atoms with Crippen molar-refractivity contribution in [2.75, 3.05) is 11.5 Å². The summed E-state index contributed by atoms with van der Waals surface area (Å²) in [7, 11) is -3.84. The second-order valence-corrected chi connectivity index (χ2v) is 12.3. The number of hydrogen-bond acceptors (Lipinski definition) is 9. The van der Waals surface area contributed by atoms with Crippen LogP contribution in [0, 0.1) is 17.0 Å². The predicted molar refractivity (Wildman–Crippen MR) is 149 cm³/mol. The third kappa shape index (κ3) is 5.65. The molecule has 0 radical (unpaired) electrons. The number of non-ortho nitro benzene ring substituents is 1. The van der Waals surface area contributed by atoms with Gasteiger partial charge in [0.15, 0.2) is 0 Å². The first-order valence-electron chi connectivity index (χ1n) is 12.8. The van der Waals surface area contributed by atoms with Gasteiger partial charge in [0.2, 0.25) is 5.91 Å². The zero-order valence-corrected chi connectivity index (χ0v) is 23.8. The van der Waals surface area contributed by atoms with Gasteiger partial charge >= 0.3 is 0 Å². The summed E-state index contributed by atoms with van der Waals surface area (Å²) in [4.78, 5) is 26.3. The van der Waals surface area contributed by atoms with Crippen molar-refractivity contribution < 1.29 is 31.8 Å². The highest BCUT2D eigenvalue weighted by molar-refractivity contribution is 7.99. The van der Waals surface area contributed by atoms with E-state index in [4.69, 9.17) is 13.7 Å². The van der Waals surface area contributed by atoms with E-state index in [1.54, 1.807) is 23.1 Å². The Hall–Kier alpha value is -3.61. The van der Waals surface area contributed by atoms with E-state index in [-0.39, 0.29) is 35.3 Å². The summed E-state index contributed by atoms with van der Waals surface area (Å²) >= 11 is 1.35. The summed E-state index contributed by atoms with van der Waals surface area (Å²) in [5.41, 5.74) is 2.07. The van der Waals surface area contributed by atoms with Crippen LogP contribution in [0.15, 0.2) is 69.3 Å². The molecule has 0 atom stereocenters. The third-order valence-electron chi connectivity index (χ3n) is 6.64. The molecule has 12 heteroatoms. The average molecular weight is 585 g/mol. The molecular formula is C28H28N2O8S2. The Morgan fingerprint density at radius 1 is 1.02 bits per heavy atom. The van der Waals surface area contributed by atoms with E-state index in [0.717, 1.165) is 10.5 Å². The van der Waals surface area contributed by atoms with Crippen molar-refractivity contribution in [2.45, 2.75) is 66.9 Å². The van der Waals surface area contributed by atoms with Crippen LogP contribution in [0.2, 0.25) is 0 Å². The molecule has 1 fully saturated rings. The van der Waals surface area contributed by atoms with E-state index in [1.807, 2.05) is 26.0 Å². The summed E-state index contributed by atoms with van der Waals surface area (Å²) in [6.07, 6.45) is 1.58. The molecule has 0 saturated heterocycles. The molecule has 5 rings (SSSR count). The van der Waals surface area contributed by atoms with Crippen LogP contribution in [0.5, 0.6) is 11.5 Å². The molecule has 210 valence electrons. The number of nitro benzene ring substituents is 1. The van der Waals surface area contributed by atoms with E-state index in [2.05, 4.69) is 0 Å². The number of carbonyl (C=O) groups excluding carboxylic acids is 1. The van der Waals surface area contributed by atoms with E-state index < -0.39 is 15.0 Å². The quantitative estimate of drug-likeness (QED) is 0.165. The number of hydrogen-bond donors (Lipinski definition) is 0. The minimum absolute atomic E-state index is 0.0435. The van der Waals surface area contributed by atoms with Crippen LogP contribution in [0.25, 0.3) is 0 Å². The van der Waals surface area contributed by atoms with Crippen LogP contribution in [0.1, 0.15) is 38.7 Å². The minimum Gasteiger partial charge on any atom is -0.490 e. The van der Waals surface area contributed by atoms with Crippen molar-refractivity contribution >= 4 is 44.8 Å². The lowest BCUT2D eigenvalue weighted by molar-refractivity contribution is -0.385. The molecule has 0 spiro atoms. The maximum atomic E-state index is 12.5. The first kappa shape index (κ1) is 27.9. The zero-order chi connectivity index (χ0) is 28.6. The van der Waals surface area contributed by atoms with Gasteiger partial charge in [-0.1, -0.05) is 24.8 Å². The maximum absolute atomic E-state index is 12.5. The molecule has 1 aliphatic carbocycles. The molecule has 3 aromatic rings. The van der Waals surface area contributed by atoms with E-state index in [0.29, 0.717) is 47.0 Å². The number of nitrogens with zero attached hydrogens (tertiary/aromatic N) is 2. The lowest BCUT2D eigenvalue weighted by Gasteiger charge is -2.36. The Labute approximate surface area is 236 Å². The van der Waals surface area contributed by atoms with Crippen molar-refractivity contribution in [3.8, 4) is 11.5 Å². The van der Waals surface area contributed by atoms with Gasteiger partial charge in [-0.3, -0.25) is 24.0 Å². The van der Waals surface area contributed by atoms with E-state index in [9.17, 15) is 23.3 Å². The van der Waals surface area contributed by atoms with Crippen LogP contribution in [-0.2, 0) is 19.1 Å². The van der Waals surface area contributed by atoms with Crippen molar-refractivity contribution in [3.05, 3.63) is 70.3 Å². The van der Waals surface area contributed by atoms with E-state index in [1.165, 1.54) is 43.0 Å². The Bertz CT molecular complexity index is 1590. The maximum Gasteiger partial charge on any atom is 0.297 e. The second kappa shape index (κ2) is 11.1. The number of fused-ring (bicyclic) bond motifs is 2. The topological polar surface area (TPSA) is 125 Å². The molecule has 40 heavy (non-hydrogen) atoms. The number of anilines is 2. The fraction of sp³-hybridized carbons (Fsp3) is 0.321. The minimum atomic E-state index is -3.84. The van der Waals surface area contributed by atoms with E-state index >= 15 is 0 Å². The molecule has 0 unspecified atom stereocenters. The van der Waals surface area contributed by atoms with Crippen LogP contribution in [0.4, 0.5) is 17.1 Å². The van der Waals surface area contributed by atoms with Gasteiger partial charge in [0, 0.05) is 47.8 Å². The molecule has 2 aliphatic rings. The summed E-state index contributed by atoms with van der Waals surface area (Å²) in [5.74, 6) is 0.907. The number of carbonyl (C=O) groups is 1. The van der Waals surface area contributed by atoms with Crippen molar-refractivity contribution in [2.24, 2.45) is 0 Å². The van der Waals surface area contributed by atoms with Gasteiger partial charge in [0.05, 0.1) is 27.8 Å². The molecule has 10 nitrogen and oxygen atoms in total. The van der Waals surface area contributed by atoms with Gasteiger partial charge in [0.1, 0.15) is 23.7 Å². The van der Waals surface area contributed by atoms with Gasteiger partial charge < -0.3 is 9.47 Å². The molecule has 1 saturated carbocycles. The van der Waals surface area contributed by atoms with Gasteiger partial charge in [-0.15, -0.1) is 0 Å². The summed E-state index contributed by atoms with van der Waals surface area (Å²) in [5, 5.41) is 11.3. The largest absolute Gasteiger partial charge is 0.490 e. The third-order valence-corrected chi connectivity index (χ3v) is 9.04. The Balaban J connectivity index is 1.25.